The van der Waals surface area contributed by atoms with Crippen LogP contribution in [0, 0.1) is 0 Å². The van der Waals surface area contributed by atoms with Gasteiger partial charge in [0, 0.05) is 19.3 Å². The Morgan fingerprint density at radius 2 is 1.65 bits per heavy atom. The van der Waals surface area contributed by atoms with Crippen molar-refractivity contribution in [2.24, 2.45) is 11.5 Å². The van der Waals surface area contributed by atoms with E-state index in [9.17, 15) is 9.59 Å². The predicted molar refractivity (Wildman–Crippen MR) is 60.2 cm³/mol. The molecule has 1 aliphatic rings. The van der Waals surface area contributed by atoms with Crippen LogP contribution in [0.5, 0.6) is 0 Å². The van der Waals surface area contributed by atoms with Crippen LogP contribution in [0.3, 0.4) is 0 Å². The van der Waals surface area contributed by atoms with Gasteiger partial charge in [-0.1, -0.05) is 0 Å². The molecule has 0 aromatic heterocycles. The molecule has 6 heteroatoms. The lowest BCUT2D eigenvalue weighted by Crippen LogP contribution is -2.18. The highest BCUT2D eigenvalue weighted by atomic mass is 16.6. The lowest BCUT2D eigenvalue weighted by Gasteiger charge is -2.13. The van der Waals surface area contributed by atoms with E-state index in [1.54, 1.807) is 0 Å². The van der Waals surface area contributed by atoms with E-state index in [-0.39, 0.29) is 30.5 Å². The zero-order valence-electron chi connectivity index (χ0n) is 9.74. The van der Waals surface area contributed by atoms with Crippen LogP contribution in [0.2, 0.25) is 0 Å². The third kappa shape index (κ3) is 4.86. The maximum Gasteiger partial charge on any atom is 0.312 e. The summed E-state index contributed by atoms with van der Waals surface area (Å²) in [6.45, 7) is 0.447. The Kier molecular flexibility index (Phi) is 5.48. The predicted octanol–water partition coefficient (Wildman–Crippen LogP) is 0.514. The number of hydrogen-bond donors (Lipinski definition) is 2. The van der Waals surface area contributed by atoms with E-state index < -0.39 is 5.97 Å². The van der Waals surface area contributed by atoms with Crippen LogP contribution in [0.1, 0.15) is 38.5 Å². The summed E-state index contributed by atoms with van der Waals surface area (Å²) >= 11 is 0. The third-order valence-corrected chi connectivity index (χ3v) is 2.36. The Morgan fingerprint density at radius 3 is 2.24 bits per heavy atom. The van der Waals surface area contributed by atoms with Crippen molar-refractivity contribution in [2.45, 2.75) is 38.5 Å². The van der Waals surface area contributed by atoms with Crippen molar-refractivity contribution in [2.75, 3.05) is 6.54 Å². The lowest BCUT2D eigenvalue weighted by atomic mass is 10.2. The molecule has 0 aromatic carbocycles. The number of nitrogens with two attached hydrogens (primary N) is 2. The van der Waals surface area contributed by atoms with E-state index in [4.69, 9.17) is 20.9 Å². The van der Waals surface area contributed by atoms with Crippen LogP contribution < -0.4 is 11.5 Å². The van der Waals surface area contributed by atoms with E-state index in [1.807, 2.05) is 0 Å². The molecule has 1 aliphatic heterocycles. The summed E-state index contributed by atoms with van der Waals surface area (Å²) in [4.78, 5) is 22.7. The van der Waals surface area contributed by atoms with Gasteiger partial charge in [-0.05, 0) is 25.8 Å². The topological polar surface area (TPSA) is 105 Å². The smallest absolute Gasteiger partial charge is 0.312 e. The van der Waals surface area contributed by atoms with E-state index in [1.165, 1.54) is 0 Å². The Balaban J connectivity index is 2.77. The molecule has 0 aromatic rings. The second-order valence-corrected chi connectivity index (χ2v) is 3.83. The first kappa shape index (κ1) is 13.5. The largest absolute Gasteiger partial charge is 0.425 e. The first-order valence-corrected chi connectivity index (χ1v) is 5.73. The number of carbonyl (C=O) groups is 2. The zero-order valence-corrected chi connectivity index (χ0v) is 9.74. The van der Waals surface area contributed by atoms with Gasteiger partial charge in [-0.2, -0.15) is 0 Å². The van der Waals surface area contributed by atoms with Crippen LogP contribution in [0.25, 0.3) is 0 Å². The van der Waals surface area contributed by atoms with Gasteiger partial charge >= 0.3 is 11.9 Å². The fourth-order valence-electron chi connectivity index (χ4n) is 1.44. The molecular formula is C11H18N2O4. The van der Waals surface area contributed by atoms with Gasteiger partial charge in [-0.25, -0.2) is 0 Å². The number of rotatable bonds is 3. The summed E-state index contributed by atoms with van der Waals surface area (Å²) in [6.07, 6.45) is 2.75. The highest BCUT2D eigenvalue weighted by molar-refractivity contribution is 5.73. The average Bonchev–Trinajstić information content (AvgIpc) is 2.29. The van der Waals surface area contributed by atoms with Gasteiger partial charge < -0.3 is 20.9 Å². The molecule has 4 N–H and O–H groups in total. The molecule has 0 bridgehead atoms. The fraction of sp³-hybridized carbons (Fsp3) is 0.636. The van der Waals surface area contributed by atoms with Gasteiger partial charge in [0.2, 0.25) is 5.88 Å². The molecule has 96 valence electrons. The van der Waals surface area contributed by atoms with Gasteiger partial charge in [0.05, 0.1) is 0 Å². The van der Waals surface area contributed by atoms with E-state index in [0.29, 0.717) is 32.2 Å². The molecule has 1 heterocycles. The molecule has 0 amide bonds. The quantitative estimate of drug-likeness (QED) is 0.699. The van der Waals surface area contributed by atoms with Crippen LogP contribution >= 0.6 is 0 Å². The van der Waals surface area contributed by atoms with E-state index >= 15 is 0 Å². The second kappa shape index (κ2) is 6.90. The monoisotopic (exact) mass is 242 g/mol. The molecule has 0 radical (unpaired) electrons. The van der Waals surface area contributed by atoms with Crippen molar-refractivity contribution in [1.29, 1.82) is 0 Å². The van der Waals surface area contributed by atoms with Crippen LogP contribution in [-0.4, -0.2) is 18.5 Å². The molecule has 0 atom stereocenters. The maximum atomic E-state index is 11.4. The van der Waals surface area contributed by atoms with Crippen LogP contribution in [0.15, 0.2) is 11.6 Å². The summed E-state index contributed by atoms with van der Waals surface area (Å²) in [5.41, 5.74) is 10.9. The van der Waals surface area contributed by atoms with Crippen LogP contribution in [-0.2, 0) is 19.1 Å². The summed E-state index contributed by atoms with van der Waals surface area (Å²) < 4.78 is 9.96. The van der Waals surface area contributed by atoms with Crippen molar-refractivity contribution >= 4 is 11.9 Å². The Morgan fingerprint density at radius 1 is 1.06 bits per heavy atom. The molecule has 17 heavy (non-hydrogen) atoms. The highest BCUT2D eigenvalue weighted by Gasteiger charge is 2.17. The molecule has 0 saturated carbocycles. The second-order valence-electron chi connectivity index (χ2n) is 3.83. The van der Waals surface area contributed by atoms with Gasteiger partial charge in [0.25, 0.3) is 0 Å². The molecule has 6 nitrogen and oxygen atoms in total. The summed E-state index contributed by atoms with van der Waals surface area (Å²) in [5, 5.41) is 0. The normalized spacial score (nSPS) is 22.9. The number of carbonyl (C=O) groups excluding carboxylic acids is 2. The summed E-state index contributed by atoms with van der Waals surface area (Å²) in [7, 11) is 0. The van der Waals surface area contributed by atoms with Gasteiger partial charge in [-0.3, -0.25) is 9.59 Å². The number of esters is 2. The number of hydrogen-bond acceptors (Lipinski definition) is 6. The van der Waals surface area contributed by atoms with Crippen molar-refractivity contribution < 1.29 is 19.1 Å². The fourth-order valence-corrected chi connectivity index (χ4v) is 1.44. The molecule has 0 fully saturated rings. The molecular weight excluding hydrogens is 224 g/mol. The molecule has 0 unspecified atom stereocenters. The van der Waals surface area contributed by atoms with E-state index in [2.05, 4.69) is 0 Å². The average molecular weight is 242 g/mol. The first-order valence-electron chi connectivity index (χ1n) is 5.73. The number of allylic oxidation sites excluding steroid dienone is 1. The third-order valence-electron chi connectivity index (χ3n) is 2.36. The minimum Gasteiger partial charge on any atom is -0.425 e. The molecule has 0 aliphatic carbocycles. The minimum atomic E-state index is -0.398. The van der Waals surface area contributed by atoms with Crippen molar-refractivity contribution in [1.82, 2.24) is 0 Å². The zero-order chi connectivity index (χ0) is 12.7. The van der Waals surface area contributed by atoms with Crippen molar-refractivity contribution in [3.8, 4) is 0 Å². The number of ether oxygens (including phenoxy) is 2. The molecule has 0 spiro atoms. The SMILES string of the molecule is NCCC/C1=C(\N)OC(=O)CCCCC(=O)O1. The van der Waals surface area contributed by atoms with Crippen molar-refractivity contribution in [3.63, 3.8) is 0 Å². The standard InChI is InChI=1S/C11H18N2O4/c12-7-3-4-8-11(13)17-10(15)6-2-1-5-9(14)16-8/h1-7,12-13H2/b11-8-. The Bertz CT molecular complexity index is 325. The van der Waals surface area contributed by atoms with Gasteiger partial charge in [0.15, 0.2) is 5.76 Å². The van der Waals surface area contributed by atoms with Crippen molar-refractivity contribution in [3.05, 3.63) is 11.6 Å². The maximum absolute atomic E-state index is 11.4. The van der Waals surface area contributed by atoms with E-state index in [0.717, 1.165) is 0 Å². The first-order chi connectivity index (χ1) is 8.13. The summed E-state index contributed by atoms with van der Waals surface area (Å²) in [5.74, 6) is -0.669. The van der Waals surface area contributed by atoms with Gasteiger partial charge in [0.1, 0.15) is 0 Å². The highest BCUT2D eigenvalue weighted by Crippen LogP contribution is 2.16. The molecule has 0 saturated heterocycles. The number of cyclic esters (lactones) is 2. The lowest BCUT2D eigenvalue weighted by molar-refractivity contribution is -0.145. The van der Waals surface area contributed by atoms with Gasteiger partial charge in [-0.15, -0.1) is 0 Å². The Labute approximate surface area is 99.9 Å². The van der Waals surface area contributed by atoms with Crippen LogP contribution in [0.4, 0.5) is 0 Å². The molecule has 1 rings (SSSR count). The summed E-state index contributed by atoms with van der Waals surface area (Å²) in [6, 6.07) is 0. The minimum absolute atomic E-state index is 0.126. The Hall–Kier alpha value is -1.56.